The number of hydrogen-bond donors (Lipinski definition) is 0. The van der Waals surface area contributed by atoms with Gasteiger partial charge in [-0.25, -0.2) is 17.5 Å². The minimum absolute atomic E-state index is 0.131. The van der Waals surface area contributed by atoms with Gasteiger partial charge in [0.25, 0.3) is 0 Å². The molecule has 2 atom stereocenters. The molecule has 2 aromatic carbocycles. The highest BCUT2D eigenvalue weighted by atomic mass is 32.2. The third-order valence-corrected chi connectivity index (χ3v) is 10.1. The molecule has 2 aliphatic carbocycles. The van der Waals surface area contributed by atoms with Crippen LogP contribution >= 0.6 is 0 Å². The molecular weight excluding hydrogens is 515 g/mol. The fourth-order valence-corrected chi connectivity index (χ4v) is 7.63. The first-order valence-electron chi connectivity index (χ1n) is 12.9. The van der Waals surface area contributed by atoms with Gasteiger partial charge in [0.15, 0.2) is 15.6 Å². The molecule has 39 heavy (non-hydrogen) atoms. The summed E-state index contributed by atoms with van der Waals surface area (Å²) in [6, 6.07) is 16.4. The Morgan fingerprint density at radius 2 is 1.77 bits per heavy atom. The summed E-state index contributed by atoms with van der Waals surface area (Å²) in [6.45, 7) is 3.81. The second kappa shape index (κ2) is 9.34. The van der Waals surface area contributed by atoms with Crippen molar-refractivity contribution in [1.29, 1.82) is 0 Å². The Labute approximate surface area is 226 Å². The van der Waals surface area contributed by atoms with E-state index in [1.165, 1.54) is 12.1 Å². The van der Waals surface area contributed by atoms with Crippen LogP contribution in [0.3, 0.4) is 0 Å². The van der Waals surface area contributed by atoms with Gasteiger partial charge in [0.2, 0.25) is 0 Å². The number of fused-ring (bicyclic) bond motifs is 2. The van der Waals surface area contributed by atoms with E-state index in [0.717, 1.165) is 22.4 Å². The second-order valence-electron chi connectivity index (χ2n) is 10.5. The number of hydrogen-bond acceptors (Lipinski definition) is 6. The lowest BCUT2D eigenvalue weighted by molar-refractivity contribution is 0.0795. The highest BCUT2D eigenvalue weighted by Crippen LogP contribution is 2.51. The number of benzene rings is 2. The van der Waals surface area contributed by atoms with Crippen molar-refractivity contribution in [2.75, 3.05) is 0 Å². The molecule has 0 spiro atoms. The number of nitrogens with zero attached hydrogens (tertiary/aromatic N) is 4. The van der Waals surface area contributed by atoms with Gasteiger partial charge in [0.05, 0.1) is 32.6 Å². The minimum atomic E-state index is -3.69. The zero-order chi connectivity index (χ0) is 27.4. The molecule has 0 amide bonds. The van der Waals surface area contributed by atoms with Gasteiger partial charge >= 0.3 is 0 Å². The van der Waals surface area contributed by atoms with Gasteiger partial charge in [-0.1, -0.05) is 28.5 Å². The van der Waals surface area contributed by atoms with Crippen LogP contribution in [0, 0.1) is 25.1 Å². The lowest BCUT2D eigenvalue weighted by Gasteiger charge is -2.43. The van der Waals surface area contributed by atoms with Gasteiger partial charge in [-0.15, -0.1) is 5.10 Å². The lowest BCUT2D eigenvalue weighted by Crippen LogP contribution is -2.46. The Hall–Kier alpha value is -3.98. The number of pyridine rings is 1. The zero-order valence-electron chi connectivity index (χ0n) is 21.6. The third-order valence-electron chi connectivity index (χ3n) is 7.93. The van der Waals surface area contributed by atoms with Crippen LogP contribution in [0.15, 0.2) is 77.3 Å². The van der Waals surface area contributed by atoms with E-state index in [4.69, 9.17) is 0 Å². The monoisotopic (exact) mass is 542 g/mol. The van der Waals surface area contributed by atoms with E-state index in [-0.39, 0.29) is 29.3 Å². The van der Waals surface area contributed by atoms with Gasteiger partial charge in [-0.2, -0.15) is 0 Å². The third kappa shape index (κ3) is 4.30. The fourth-order valence-electron chi connectivity index (χ4n) is 5.80. The molecule has 0 aliphatic heterocycles. The summed E-state index contributed by atoms with van der Waals surface area (Å²) in [5.74, 6) is -0.558. The number of carbonyl (C=O) groups is 1. The van der Waals surface area contributed by atoms with Crippen LogP contribution in [0.5, 0.6) is 0 Å². The number of carbonyl (C=O) groups excluding carboxylic acids is 1. The largest absolute Gasteiger partial charge is 0.291 e. The highest BCUT2D eigenvalue weighted by molar-refractivity contribution is 7.92. The van der Waals surface area contributed by atoms with E-state index in [2.05, 4.69) is 15.3 Å². The topological polar surface area (TPSA) is 94.8 Å². The number of ketones is 1. The van der Waals surface area contributed by atoms with Gasteiger partial charge < -0.3 is 0 Å². The van der Waals surface area contributed by atoms with Gasteiger partial charge in [0.1, 0.15) is 11.5 Å². The molecule has 1 fully saturated rings. The molecule has 7 nitrogen and oxygen atoms in total. The van der Waals surface area contributed by atoms with Crippen molar-refractivity contribution >= 4 is 21.7 Å². The number of rotatable bonds is 5. The summed E-state index contributed by atoms with van der Waals surface area (Å²) in [4.78, 5) is 18.9. The molecule has 2 heterocycles. The van der Waals surface area contributed by atoms with Crippen LogP contribution in [-0.2, 0) is 16.3 Å². The van der Waals surface area contributed by atoms with Gasteiger partial charge in [0, 0.05) is 12.6 Å². The van der Waals surface area contributed by atoms with Crippen LogP contribution in [-0.4, -0.2) is 39.4 Å². The van der Waals surface area contributed by atoms with Crippen molar-refractivity contribution in [3.8, 4) is 5.69 Å². The summed E-state index contributed by atoms with van der Waals surface area (Å²) in [6.07, 6.45) is 4.69. The quantitative estimate of drug-likeness (QED) is 0.320. The average molecular weight is 543 g/mol. The second-order valence-corrected chi connectivity index (χ2v) is 12.7. The van der Waals surface area contributed by atoms with Crippen LogP contribution in [0.2, 0.25) is 0 Å². The molecule has 1 saturated carbocycles. The number of aryl methyl sites for hydroxylation is 2. The number of Topliss-reactive ketones (excluding diaryl/α,β-unsaturated/α-hetero) is 1. The van der Waals surface area contributed by atoms with E-state index < -0.39 is 20.5 Å². The summed E-state index contributed by atoms with van der Waals surface area (Å²) in [5.41, 5.74) is 3.88. The van der Waals surface area contributed by atoms with Crippen LogP contribution in [0.4, 0.5) is 4.39 Å². The first-order valence-corrected chi connectivity index (χ1v) is 14.4. The van der Waals surface area contributed by atoms with Gasteiger partial charge in [-0.3, -0.25) is 9.78 Å². The maximum absolute atomic E-state index is 14.3. The molecule has 2 aliphatic rings. The minimum Gasteiger partial charge on any atom is -0.291 e. The molecule has 0 saturated heterocycles. The van der Waals surface area contributed by atoms with Crippen molar-refractivity contribution in [2.24, 2.45) is 5.41 Å². The Kier molecular flexibility index (Phi) is 6.06. The molecular formula is C30H27FN4O3S. The maximum Gasteiger partial charge on any atom is 0.191 e. The van der Waals surface area contributed by atoms with E-state index in [1.54, 1.807) is 53.3 Å². The summed E-state index contributed by atoms with van der Waals surface area (Å²) >= 11 is 0. The summed E-state index contributed by atoms with van der Waals surface area (Å²) in [5, 5.41) is 7.97. The van der Waals surface area contributed by atoms with E-state index in [1.807, 2.05) is 26.0 Å². The summed E-state index contributed by atoms with van der Waals surface area (Å²) < 4.78 is 42.7. The number of aromatic nitrogens is 4. The zero-order valence-corrected chi connectivity index (χ0v) is 22.5. The molecule has 0 radical (unpaired) electrons. The smallest absolute Gasteiger partial charge is 0.191 e. The van der Waals surface area contributed by atoms with Crippen molar-refractivity contribution in [2.45, 2.75) is 49.7 Å². The summed E-state index contributed by atoms with van der Waals surface area (Å²) in [7, 11) is -3.69. The SMILES string of the molecule is Cc1ccc(S(=O)(=O)[C@H]2CCC3=Cc4c(nnn4-c4ccc(F)cc4)C[C@]3(C(=O)c3cc(C)ccn3)C2)cc1. The first-order chi connectivity index (χ1) is 18.7. The lowest BCUT2D eigenvalue weighted by atomic mass is 9.62. The molecule has 198 valence electrons. The molecule has 0 unspecified atom stereocenters. The van der Waals surface area contributed by atoms with E-state index >= 15 is 0 Å². The molecule has 0 bridgehead atoms. The molecule has 6 rings (SSSR count). The van der Waals surface area contributed by atoms with Gasteiger partial charge in [-0.05, 0) is 93.3 Å². The predicted octanol–water partition coefficient (Wildman–Crippen LogP) is 5.25. The Bertz CT molecular complexity index is 1730. The molecule has 2 aromatic heterocycles. The molecule has 0 N–H and O–H groups in total. The standard InChI is InChI=1S/C30H27FN4O3S/c1-19-3-10-24(11-4-19)39(37,38)25-12-5-21-16-28-27(33-34-35(28)23-8-6-22(31)7-9-23)18-30(21,17-25)29(36)26-15-20(2)13-14-32-26/h3-4,6-11,13-16,25H,5,12,17-18H2,1-2H3/t25-,30+/m0/s1. The fraction of sp³-hybridized carbons (Fsp3) is 0.267. The van der Waals surface area contributed by atoms with Crippen molar-refractivity contribution in [1.82, 2.24) is 20.0 Å². The normalized spacial score (nSPS) is 20.6. The van der Waals surface area contributed by atoms with Crippen molar-refractivity contribution < 1.29 is 17.6 Å². The van der Waals surface area contributed by atoms with Crippen molar-refractivity contribution in [3.05, 3.63) is 106 Å². The van der Waals surface area contributed by atoms with Crippen LogP contribution in [0.25, 0.3) is 11.8 Å². The number of allylic oxidation sites excluding steroid dienone is 1. The van der Waals surface area contributed by atoms with Crippen LogP contribution < -0.4 is 0 Å². The first kappa shape index (κ1) is 25.3. The Balaban J connectivity index is 1.46. The van der Waals surface area contributed by atoms with E-state index in [0.29, 0.717) is 29.9 Å². The van der Waals surface area contributed by atoms with E-state index in [9.17, 15) is 17.6 Å². The van der Waals surface area contributed by atoms with Crippen LogP contribution in [0.1, 0.15) is 52.3 Å². The Morgan fingerprint density at radius 3 is 2.49 bits per heavy atom. The predicted molar refractivity (Wildman–Crippen MR) is 145 cm³/mol. The molecule has 4 aromatic rings. The maximum atomic E-state index is 14.3. The Morgan fingerprint density at radius 1 is 1.03 bits per heavy atom. The van der Waals surface area contributed by atoms with Crippen molar-refractivity contribution in [3.63, 3.8) is 0 Å². The molecule has 9 heteroatoms. The number of sulfone groups is 1. The average Bonchev–Trinajstić information content (AvgIpc) is 3.34. The number of halogens is 1. The highest BCUT2D eigenvalue weighted by Gasteiger charge is 2.52.